The van der Waals surface area contributed by atoms with E-state index in [1.54, 1.807) is 30.9 Å². The van der Waals surface area contributed by atoms with Gasteiger partial charge in [-0.15, -0.1) is 0 Å². The van der Waals surface area contributed by atoms with Crippen LogP contribution >= 0.6 is 0 Å². The topological polar surface area (TPSA) is 56.5 Å². The van der Waals surface area contributed by atoms with Crippen LogP contribution in [0.1, 0.15) is 5.56 Å². The Morgan fingerprint density at radius 2 is 1.56 bits per heavy atom. The maximum Gasteiger partial charge on any atom is 0.218 e. The molecule has 3 aromatic carbocycles. The van der Waals surface area contributed by atoms with Gasteiger partial charge in [-0.25, -0.2) is 9.37 Å². The van der Waals surface area contributed by atoms with Crippen LogP contribution in [-0.2, 0) is 6.54 Å². The number of aromatic nitrogens is 2. The van der Waals surface area contributed by atoms with Crippen LogP contribution in [0.15, 0.2) is 72.9 Å². The van der Waals surface area contributed by atoms with Gasteiger partial charge in [0.25, 0.3) is 0 Å². The second-order valence-electron chi connectivity index (χ2n) is 7.57. The van der Waals surface area contributed by atoms with Crippen molar-refractivity contribution in [2.75, 3.05) is 14.2 Å². The lowest BCUT2D eigenvalue weighted by Crippen LogP contribution is -1.97. The molecule has 0 amide bonds. The summed E-state index contributed by atoms with van der Waals surface area (Å²) in [4.78, 5) is 4.73. The quantitative estimate of drug-likeness (QED) is 0.386. The molecule has 6 heteroatoms. The van der Waals surface area contributed by atoms with Crippen LogP contribution in [-0.4, -0.2) is 28.9 Å². The van der Waals surface area contributed by atoms with Crippen LogP contribution in [0.3, 0.4) is 0 Å². The molecule has 2 heterocycles. The molecule has 1 N–H and O–H groups in total. The highest BCUT2D eigenvalue weighted by Crippen LogP contribution is 2.40. The molecule has 0 atom stereocenters. The SMILES string of the molecule is COc1ccc(Cn2cc3c(-c4ccc(F)cc4)c4cc(OC)ccc4nc3c2O)cc1. The average Bonchev–Trinajstić information content (AvgIpc) is 3.13. The number of fused-ring (bicyclic) bond motifs is 2. The van der Waals surface area contributed by atoms with Gasteiger partial charge < -0.3 is 19.1 Å². The second kappa shape index (κ2) is 7.89. The van der Waals surface area contributed by atoms with E-state index in [9.17, 15) is 9.50 Å². The Hall–Kier alpha value is -4.06. The van der Waals surface area contributed by atoms with Gasteiger partial charge in [0, 0.05) is 22.5 Å². The van der Waals surface area contributed by atoms with Crippen LogP contribution < -0.4 is 9.47 Å². The second-order valence-corrected chi connectivity index (χ2v) is 7.57. The Balaban J connectivity index is 1.74. The maximum absolute atomic E-state index is 13.6. The number of nitrogens with zero attached hydrogens (tertiary/aromatic N) is 2. The Bertz CT molecular complexity index is 1420. The number of pyridine rings is 1. The molecule has 0 fully saturated rings. The van der Waals surface area contributed by atoms with Crippen molar-refractivity contribution in [2.45, 2.75) is 6.54 Å². The summed E-state index contributed by atoms with van der Waals surface area (Å²) in [5, 5.41) is 12.7. The summed E-state index contributed by atoms with van der Waals surface area (Å²) in [6, 6.07) is 19.6. The Labute approximate surface area is 184 Å². The van der Waals surface area contributed by atoms with E-state index in [4.69, 9.17) is 14.5 Å². The molecular weight excluding hydrogens is 407 g/mol. The number of aromatic hydroxyl groups is 1. The first-order valence-electron chi connectivity index (χ1n) is 10.2. The van der Waals surface area contributed by atoms with E-state index in [2.05, 4.69) is 0 Å². The molecule has 2 aromatic heterocycles. The molecule has 0 aliphatic rings. The summed E-state index contributed by atoms with van der Waals surface area (Å²) < 4.78 is 26.0. The summed E-state index contributed by atoms with van der Waals surface area (Å²) >= 11 is 0. The zero-order chi connectivity index (χ0) is 22.2. The summed E-state index contributed by atoms with van der Waals surface area (Å²) in [5.74, 6) is 1.25. The van der Waals surface area contributed by atoms with Crippen molar-refractivity contribution in [3.05, 3.63) is 84.3 Å². The Morgan fingerprint density at radius 1 is 0.875 bits per heavy atom. The van der Waals surface area contributed by atoms with Crippen molar-refractivity contribution in [2.24, 2.45) is 0 Å². The van der Waals surface area contributed by atoms with Crippen molar-refractivity contribution in [1.82, 2.24) is 9.55 Å². The van der Waals surface area contributed by atoms with Crippen LogP contribution in [0.2, 0.25) is 0 Å². The van der Waals surface area contributed by atoms with E-state index in [0.29, 0.717) is 17.8 Å². The fraction of sp³-hybridized carbons (Fsp3) is 0.115. The van der Waals surface area contributed by atoms with Gasteiger partial charge in [0.1, 0.15) is 22.8 Å². The molecule has 160 valence electrons. The molecule has 0 bridgehead atoms. The zero-order valence-corrected chi connectivity index (χ0v) is 17.7. The van der Waals surface area contributed by atoms with Crippen molar-refractivity contribution in [3.8, 4) is 28.5 Å². The molecule has 32 heavy (non-hydrogen) atoms. The third-order valence-electron chi connectivity index (χ3n) is 5.64. The van der Waals surface area contributed by atoms with E-state index in [0.717, 1.165) is 38.7 Å². The van der Waals surface area contributed by atoms with Crippen molar-refractivity contribution in [1.29, 1.82) is 0 Å². The lowest BCUT2D eigenvalue weighted by Gasteiger charge is -2.10. The van der Waals surface area contributed by atoms with Gasteiger partial charge in [-0.05, 0) is 53.6 Å². The Kier molecular flexibility index (Phi) is 4.90. The van der Waals surface area contributed by atoms with Crippen LogP contribution in [0.5, 0.6) is 17.4 Å². The van der Waals surface area contributed by atoms with Gasteiger partial charge in [-0.2, -0.15) is 0 Å². The van der Waals surface area contributed by atoms with E-state index in [1.807, 2.05) is 48.7 Å². The monoisotopic (exact) mass is 428 g/mol. The molecule has 0 saturated heterocycles. The molecule has 0 saturated carbocycles. The van der Waals surface area contributed by atoms with Crippen LogP contribution in [0.4, 0.5) is 4.39 Å². The summed E-state index contributed by atoms with van der Waals surface area (Å²) in [6.07, 6.45) is 1.89. The Morgan fingerprint density at radius 3 is 2.25 bits per heavy atom. The van der Waals surface area contributed by atoms with Crippen LogP contribution in [0.25, 0.3) is 32.9 Å². The number of rotatable bonds is 5. The predicted molar refractivity (Wildman–Crippen MR) is 123 cm³/mol. The molecule has 0 aliphatic heterocycles. The first-order chi connectivity index (χ1) is 15.6. The number of hydrogen-bond donors (Lipinski definition) is 1. The fourth-order valence-electron chi connectivity index (χ4n) is 4.01. The molecule has 0 spiro atoms. The van der Waals surface area contributed by atoms with E-state index >= 15 is 0 Å². The van der Waals surface area contributed by atoms with E-state index in [-0.39, 0.29) is 11.7 Å². The lowest BCUT2D eigenvalue weighted by atomic mass is 9.97. The highest BCUT2D eigenvalue weighted by atomic mass is 19.1. The molecule has 5 aromatic rings. The van der Waals surface area contributed by atoms with Crippen molar-refractivity contribution >= 4 is 21.8 Å². The summed E-state index contributed by atoms with van der Waals surface area (Å²) in [6.45, 7) is 0.467. The predicted octanol–water partition coefficient (Wildman–Crippen LogP) is 5.77. The molecule has 5 nitrogen and oxygen atoms in total. The highest BCUT2D eigenvalue weighted by Gasteiger charge is 2.18. The van der Waals surface area contributed by atoms with Crippen molar-refractivity contribution < 1.29 is 19.0 Å². The summed E-state index contributed by atoms with van der Waals surface area (Å²) in [7, 11) is 3.24. The average molecular weight is 428 g/mol. The standard InChI is InChI=1S/C26H21FN2O3/c1-31-19-9-3-16(4-10-19)14-29-15-22-24(17-5-7-18(27)8-6-17)21-13-20(32-2)11-12-23(21)28-25(22)26(29)30/h3-13,15,30H,14H2,1-2H3. The first kappa shape index (κ1) is 19.9. The number of hydrogen-bond acceptors (Lipinski definition) is 4. The number of halogens is 1. The minimum absolute atomic E-state index is 0.0805. The number of benzene rings is 3. The zero-order valence-electron chi connectivity index (χ0n) is 17.7. The minimum atomic E-state index is -0.305. The van der Waals surface area contributed by atoms with E-state index < -0.39 is 0 Å². The van der Waals surface area contributed by atoms with Crippen LogP contribution in [0, 0.1) is 5.82 Å². The molecule has 0 unspecified atom stereocenters. The number of methoxy groups -OCH3 is 2. The molecule has 0 radical (unpaired) electrons. The van der Waals surface area contributed by atoms with Gasteiger partial charge in [-0.1, -0.05) is 24.3 Å². The summed E-state index contributed by atoms with van der Waals surface area (Å²) in [5.41, 5.74) is 3.92. The number of ether oxygens (including phenoxy) is 2. The molecular formula is C26H21FN2O3. The van der Waals surface area contributed by atoms with Gasteiger partial charge in [0.2, 0.25) is 5.88 Å². The van der Waals surface area contributed by atoms with Gasteiger partial charge in [0.05, 0.1) is 26.3 Å². The van der Waals surface area contributed by atoms with Gasteiger partial charge in [0.15, 0.2) is 0 Å². The third kappa shape index (κ3) is 3.39. The maximum atomic E-state index is 13.6. The first-order valence-corrected chi connectivity index (χ1v) is 10.2. The minimum Gasteiger partial charge on any atom is -0.497 e. The van der Waals surface area contributed by atoms with Crippen molar-refractivity contribution in [3.63, 3.8) is 0 Å². The third-order valence-corrected chi connectivity index (χ3v) is 5.64. The van der Waals surface area contributed by atoms with E-state index in [1.165, 1.54) is 12.1 Å². The molecule has 0 aliphatic carbocycles. The highest BCUT2D eigenvalue weighted by molar-refractivity contribution is 6.11. The van der Waals surface area contributed by atoms with Gasteiger partial charge in [-0.3, -0.25) is 0 Å². The fourth-order valence-corrected chi connectivity index (χ4v) is 4.01. The largest absolute Gasteiger partial charge is 0.497 e. The normalized spacial score (nSPS) is 11.2. The molecule has 5 rings (SSSR count). The van der Waals surface area contributed by atoms with Gasteiger partial charge >= 0.3 is 0 Å². The smallest absolute Gasteiger partial charge is 0.218 e. The lowest BCUT2D eigenvalue weighted by molar-refractivity contribution is 0.414.